The van der Waals surface area contributed by atoms with Gasteiger partial charge in [-0.05, 0) is 58.2 Å². The van der Waals surface area contributed by atoms with Gasteiger partial charge in [-0.1, -0.05) is 11.6 Å². The Labute approximate surface area is 156 Å². The van der Waals surface area contributed by atoms with Crippen molar-refractivity contribution in [3.8, 4) is 11.3 Å². The van der Waals surface area contributed by atoms with E-state index < -0.39 is 5.60 Å². The predicted molar refractivity (Wildman–Crippen MR) is 96.6 cm³/mol. The van der Waals surface area contributed by atoms with Gasteiger partial charge in [0.25, 0.3) is 0 Å². The predicted octanol–water partition coefficient (Wildman–Crippen LogP) is 4.50. The number of benzene rings is 1. The molecule has 1 amide bonds. The molecule has 2 bridgehead atoms. The molecule has 0 radical (unpaired) electrons. The molecule has 5 rings (SSSR count). The molecule has 0 spiro atoms. The summed E-state index contributed by atoms with van der Waals surface area (Å²) >= 11 is 5.81. The molecule has 1 N–H and O–H groups in total. The number of imidazole rings is 1. The molecule has 1 aromatic heterocycles. The topological polar surface area (TPSA) is 56.1 Å². The van der Waals surface area contributed by atoms with Crippen molar-refractivity contribution < 1.29 is 13.9 Å². The standard InChI is InChI=1S/C19H21ClFN3O2/c1-17(2,3)26-16(25)23-18-8-19(9-18,10-18)24-7-15(22-11-24)13-5-4-12(20)6-14(13)21/h4-7,11H,8-10H2,1-3H3,(H,23,25). The van der Waals surface area contributed by atoms with Gasteiger partial charge in [-0.15, -0.1) is 0 Å². The normalized spacial score (nSPS) is 26.7. The van der Waals surface area contributed by atoms with Gasteiger partial charge < -0.3 is 14.6 Å². The SMILES string of the molecule is CC(C)(C)OC(=O)NC12CC(n3cnc(-c4ccc(Cl)cc4F)c3)(C1)C2. The zero-order chi connectivity index (χ0) is 18.7. The third-order valence-corrected chi connectivity index (χ3v) is 5.34. The summed E-state index contributed by atoms with van der Waals surface area (Å²) in [6.07, 6.45) is 5.72. The van der Waals surface area contributed by atoms with Gasteiger partial charge >= 0.3 is 6.09 Å². The maximum Gasteiger partial charge on any atom is 0.408 e. The van der Waals surface area contributed by atoms with Gasteiger partial charge in [0.2, 0.25) is 0 Å². The lowest BCUT2D eigenvalue weighted by Crippen LogP contribution is -2.78. The van der Waals surface area contributed by atoms with Crippen LogP contribution in [0.15, 0.2) is 30.7 Å². The van der Waals surface area contributed by atoms with Crippen LogP contribution >= 0.6 is 11.6 Å². The molecule has 0 unspecified atom stereocenters. The molecule has 2 aromatic rings. The zero-order valence-corrected chi connectivity index (χ0v) is 15.7. The highest BCUT2D eigenvalue weighted by Gasteiger charge is 2.70. The monoisotopic (exact) mass is 377 g/mol. The number of ether oxygens (including phenoxy) is 1. The molecule has 5 nitrogen and oxygen atoms in total. The summed E-state index contributed by atoms with van der Waals surface area (Å²) in [5.74, 6) is -0.386. The van der Waals surface area contributed by atoms with E-state index in [2.05, 4.69) is 10.3 Å². The fourth-order valence-electron chi connectivity index (χ4n) is 4.08. The van der Waals surface area contributed by atoms with Crippen molar-refractivity contribution >= 4 is 17.7 Å². The van der Waals surface area contributed by atoms with Gasteiger partial charge in [-0.25, -0.2) is 14.2 Å². The number of hydrogen-bond acceptors (Lipinski definition) is 3. The van der Waals surface area contributed by atoms with Crippen LogP contribution in [-0.4, -0.2) is 26.8 Å². The number of nitrogens with zero attached hydrogens (tertiary/aromatic N) is 2. The average Bonchev–Trinajstić information content (AvgIpc) is 2.88. The second kappa shape index (κ2) is 5.46. The van der Waals surface area contributed by atoms with Crippen molar-refractivity contribution in [3.05, 3.63) is 41.6 Å². The molecule has 0 saturated heterocycles. The third-order valence-electron chi connectivity index (χ3n) is 5.11. The smallest absolute Gasteiger partial charge is 0.408 e. The van der Waals surface area contributed by atoms with Crippen LogP contribution in [0.4, 0.5) is 9.18 Å². The number of carbonyl (C=O) groups excluding carboxylic acids is 1. The summed E-state index contributed by atoms with van der Waals surface area (Å²) in [6, 6.07) is 4.58. The van der Waals surface area contributed by atoms with Gasteiger partial charge in [-0.3, -0.25) is 0 Å². The quantitative estimate of drug-likeness (QED) is 0.856. The van der Waals surface area contributed by atoms with E-state index in [1.165, 1.54) is 6.07 Å². The Bertz CT molecular complexity index is 867. The van der Waals surface area contributed by atoms with Crippen LogP contribution in [0.2, 0.25) is 5.02 Å². The molecule has 138 valence electrons. The molecule has 1 heterocycles. The summed E-state index contributed by atoms with van der Waals surface area (Å²) in [5.41, 5.74) is 0.286. The van der Waals surface area contributed by atoms with Crippen molar-refractivity contribution in [1.82, 2.24) is 14.9 Å². The van der Waals surface area contributed by atoms with Crippen LogP contribution in [0, 0.1) is 5.82 Å². The van der Waals surface area contributed by atoms with Gasteiger partial charge in [0.15, 0.2) is 0 Å². The van der Waals surface area contributed by atoms with E-state index in [1.807, 2.05) is 31.5 Å². The molecule has 7 heteroatoms. The van der Waals surface area contributed by atoms with E-state index in [4.69, 9.17) is 16.3 Å². The average molecular weight is 378 g/mol. The number of alkyl carbamates (subject to hydrolysis) is 1. The van der Waals surface area contributed by atoms with E-state index in [9.17, 15) is 9.18 Å². The number of aromatic nitrogens is 2. The number of rotatable bonds is 3. The second-order valence-corrected chi connectivity index (χ2v) is 8.89. The molecule has 26 heavy (non-hydrogen) atoms. The molecule has 0 aliphatic heterocycles. The Kier molecular flexibility index (Phi) is 3.64. The van der Waals surface area contributed by atoms with E-state index >= 15 is 0 Å². The van der Waals surface area contributed by atoms with Crippen molar-refractivity contribution in [3.63, 3.8) is 0 Å². The zero-order valence-electron chi connectivity index (χ0n) is 15.0. The van der Waals surface area contributed by atoms with Crippen LogP contribution in [0.3, 0.4) is 0 Å². The Morgan fingerprint density at radius 3 is 2.65 bits per heavy atom. The van der Waals surface area contributed by atoms with Crippen LogP contribution in [-0.2, 0) is 10.3 Å². The highest BCUT2D eigenvalue weighted by atomic mass is 35.5. The molecule has 3 saturated carbocycles. The number of nitrogens with one attached hydrogen (secondary N) is 1. The third kappa shape index (κ3) is 2.86. The maximum atomic E-state index is 14.1. The number of amides is 1. The van der Waals surface area contributed by atoms with Crippen LogP contribution < -0.4 is 5.32 Å². The Morgan fingerprint density at radius 2 is 2.04 bits per heavy atom. The van der Waals surface area contributed by atoms with E-state index in [0.717, 1.165) is 19.3 Å². The van der Waals surface area contributed by atoms with Gasteiger partial charge in [0, 0.05) is 16.8 Å². The highest BCUT2D eigenvalue weighted by Crippen LogP contribution is 2.65. The fourth-order valence-corrected chi connectivity index (χ4v) is 4.24. The minimum absolute atomic E-state index is 0.0385. The molecular weight excluding hydrogens is 357 g/mol. The van der Waals surface area contributed by atoms with Crippen LogP contribution in [0.1, 0.15) is 40.0 Å². The second-order valence-electron chi connectivity index (χ2n) is 8.45. The summed E-state index contributed by atoms with van der Waals surface area (Å²) in [7, 11) is 0. The lowest BCUT2D eigenvalue weighted by atomic mass is 9.44. The molecule has 3 aliphatic rings. The van der Waals surface area contributed by atoms with E-state index in [-0.39, 0.29) is 23.0 Å². The first-order valence-electron chi connectivity index (χ1n) is 8.61. The molecule has 3 fully saturated rings. The first-order chi connectivity index (χ1) is 12.1. The molecule has 1 aromatic carbocycles. The summed E-state index contributed by atoms with van der Waals surface area (Å²) < 4.78 is 21.5. The van der Waals surface area contributed by atoms with Crippen molar-refractivity contribution in [2.75, 3.05) is 0 Å². The number of halogens is 2. The Morgan fingerprint density at radius 1 is 1.35 bits per heavy atom. The highest BCUT2D eigenvalue weighted by molar-refractivity contribution is 6.30. The first-order valence-corrected chi connectivity index (χ1v) is 8.99. The van der Waals surface area contributed by atoms with E-state index in [0.29, 0.717) is 16.3 Å². The fraction of sp³-hybridized carbons (Fsp3) is 0.474. The maximum absolute atomic E-state index is 14.1. The van der Waals surface area contributed by atoms with Crippen molar-refractivity contribution in [1.29, 1.82) is 0 Å². The van der Waals surface area contributed by atoms with Gasteiger partial charge in [-0.2, -0.15) is 0 Å². The number of hydrogen-bond donors (Lipinski definition) is 1. The van der Waals surface area contributed by atoms with Crippen molar-refractivity contribution in [2.24, 2.45) is 0 Å². The Balaban J connectivity index is 1.43. The minimum Gasteiger partial charge on any atom is -0.444 e. The Hall–Kier alpha value is -2.08. The van der Waals surface area contributed by atoms with Gasteiger partial charge in [0.1, 0.15) is 11.4 Å². The number of carbonyl (C=O) groups is 1. The lowest BCUT2D eigenvalue weighted by Gasteiger charge is -2.70. The summed E-state index contributed by atoms with van der Waals surface area (Å²) in [6.45, 7) is 5.54. The van der Waals surface area contributed by atoms with E-state index in [1.54, 1.807) is 18.5 Å². The largest absolute Gasteiger partial charge is 0.444 e. The van der Waals surface area contributed by atoms with Crippen LogP contribution in [0.5, 0.6) is 0 Å². The molecular formula is C19H21ClFN3O2. The molecule has 3 aliphatic carbocycles. The lowest BCUT2D eigenvalue weighted by molar-refractivity contribution is -0.136. The summed E-state index contributed by atoms with van der Waals surface area (Å²) in [4.78, 5) is 16.3. The molecule has 0 atom stereocenters. The minimum atomic E-state index is -0.507. The van der Waals surface area contributed by atoms with Crippen LogP contribution in [0.25, 0.3) is 11.3 Å². The van der Waals surface area contributed by atoms with Crippen molar-refractivity contribution in [2.45, 2.75) is 56.7 Å². The van der Waals surface area contributed by atoms with Gasteiger partial charge in [0.05, 0.1) is 23.1 Å². The first kappa shape index (κ1) is 17.3. The summed E-state index contributed by atoms with van der Waals surface area (Å²) in [5, 5.41) is 3.36.